The first kappa shape index (κ1) is 8.43. The van der Waals surface area contributed by atoms with Gasteiger partial charge in [-0.1, -0.05) is 0 Å². The maximum absolute atomic E-state index is 7.30. The summed E-state index contributed by atoms with van der Waals surface area (Å²) < 4.78 is 0. The lowest BCUT2D eigenvalue weighted by atomic mass is 10.1. The predicted octanol–water partition coefficient (Wildman–Crippen LogP) is 1.21. The SMILES string of the molecule is N=C1C=CC(=Nc2cn[nH]c2N)C=C1. The van der Waals surface area contributed by atoms with E-state index in [1.807, 2.05) is 0 Å². The predicted molar refractivity (Wildman–Crippen MR) is 56.1 cm³/mol. The first-order valence-electron chi connectivity index (χ1n) is 4.08. The summed E-state index contributed by atoms with van der Waals surface area (Å²) in [5, 5.41) is 13.7. The number of aromatic amines is 1. The average molecular weight is 187 g/mol. The van der Waals surface area contributed by atoms with Gasteiger partial charge in [0, 0.05) is 0 Å². The van der Waals surface area contributed by atoms with Crippen LogP contribution in [0.15, 0.2) is 35.5 Å². The number of allylic oxidation sites excluding steroid dienone is 4. The van der Waals surface area contributed by atoms with Crippen molar-refractivity contribution in [1.29, 1.82) is 5.41 Å². The highest BCUT2D eigenvalue weighted by Gasteiger charge is 2.01. The molecule has 0 atom stereocenters. The number of aromatic nitrogens is 2. The molecule has 1 aliphatic carbocycles. The molecule has 0 bridgehead atoms. The summed E-state index contributed by atoms with van der Waals surface area (Å²) in [6.07, 6.45) is 8.43. The number of nitrogens with two attached hydrogens (primary N) is 1. The number of hydrogen-bond acceptors (Lipinski definition) is 4. The van der Waals surface area contributed by atoms with E-state index in [1.165, 1.54) is 0 Å². The van der Waals surface area contributed by atoms with E-state index in [4.69, 9.17) is 11.1 Å². The van der Waals surface area contributed by atoms with Crippen molar-refractivity contribution in [2.24, 2.45) is 4.99 Å². The van der Waals surface area contributed by atoms with Gasteiger partial charge in [-0.3, -0.25) is 5.10 Å². The van der Waals surface area contributed by atoms with Crippen molar-refractivity contribution in [2.75, 3.05) is 5.73 Å². The number of H-pyrrole nitrogens is 1. The van der Waals surface area contributed by atoms with Crippen molar-refractivity contribution in [1.82, 2.24) is 10.2 Å². The molecule has 0 aliphatic heterocycles. The van der Waals surface area contributed by atoms with Crippen LogP contribution in [0.3, 0.4) is 0 Å². The number of anilines is 1. The molecule has 0 unspecified atom stereocenters. The molecular formula is C9H9N5. The smallest absolute Gasteiger partial charge is 0.145 e. The minimum atomic E-state index is 0.444. The molecule has 1 aromatic rings. The van der Waals surface area contributed by atoms with Gasteiger partial charge in [-0.25, -0.2) is 4.99 Å². The second kappa shape index (κ2) is 3.29. The molecular weight excluding hydrogens is 178 g/mol. The Kier molecular flexibility index (Phi) is 1.98. The second-order valence-electron chi connectivity index (χ2n) is 2.83. The lowest BCUT2D eigenvalue weighted by molar-refractivity contribution is 1.10. The minimum absolute atomic E-state index is 0.444. The monoisotopic (exact) mass is 187 g/mol. The molecule has 2 rings (SSSR count). The summed E-state index contributed by atoms with van der Waals surface area (Å²) in [7, 11) is 0. The van der Waals surface area contributed by atoms with Gasteiger partial charge in [0.15, 0.2) is 0 Å². The maximum atomic E-state index is 7.30. The average Bonchev–Trinajstić information content (AvgIpc) is 2.56. The Bertz CT molecular complexity index is 432. The molecule has 0 saturated carbocycles. The van der Waals surface area contributed by atoms with E-state index < -0.39 is 0 Å². The zero-order valence-corrected chi connectivity index (χ0v) is 7.36. The molecule has 0 radical (unpaired) electrons. The summed E-state index contributed by atoms with van der Waals surface area (Å²) in [5.41, 5.74) is 7.40. The van der Waals surface area contributed by atoms with Gasteiger partial charge < -0.3 is 11.1 Å². The van der Waals surface area contributed by atoms with Crippen molar-refractivity contribution >= 4 is 22.9 Å². The van der Waals surface area contributed by atoms with Crippen molar-refractivity contribution in [2.45, 2.75) is 0 Å². The first-order valence-corrected chi connectivity index (χ1v) is 4.08. The second-order valence-corrected chi connectivity index (χ2v) is 2.83. The molecule has 0 saturated heterocycles. The Morgan fingerprint density at radius 3 is 2.57 bits per heavy atom. The largest absolute Gasteiger partial charge is 0.382 e. The van der Waals surface area contributed by atoms with Gasteiger partial charge in [0.25, 0.3) is 0 Å². The van der Waals surface area contributed by atoms with Crippen LogP contribution in [0.1, 0.15) is 0 Å². The quantitative estimate of drug-likeness (QED) is 0.576. The maximum Gasteiger partial charge on any atom is 0.145 e. The van der Waals surface area contributed by atoms with Crippen LogP contribution in [-0.2, 0) is 0 Å². The highest BCUT2D eigenvalue weighted by molar-refractivity contribution is 6.18. The van der Waals surface area contributed by atoms with E-state index in [0.29, 0.717) is 17.2 Å². The van der Waals surface area contributed by atoms with Crippen LogP contribution in [0.2, 0.25) is 0 Å². The number of aliphatic imine (C=N–C) groups is 1. The molecule has 1 aromatic heterocycles. The van der Waals surface area contributed by atoms with E-state index >= 15 is 0 Å². The zero-order valence-electron chi connectivity index (χ0n) is 7.36. The number of rotatable bonds is 1. The molecule has 0 spiro atoms. The zero-order chi connectivity index (χ0) is 9.97. The molecule has 70 valence electrons. The number of nitrogens with zero attached hydrogens (tertiary/aromatic N) is 2. The highest BCUT2D eigenvalue weighted by atomic mass is 15.2. The molecule has 1 heterocycles. The summed E-state index contributed by atoms with van der Waals surface area (Å²) >= 11 is 0. The Morgan fingerprint density at radius 2 is 2.00 bits per heavy atom. The van der Waals surface area contributed by atoms with E-state index in [-0.39, 0.29) is 0 Å². The lowest BCUT2D eigenvalue weighted by Crippen LogP contribution is -1.98. The fourth-order valence-electron chi connectivity index (χ4n) is 1.05. The third-order valence-corrected chi connectivity index (χ3v) is 1.76. The van der Waals surface area contributed by atoms with Gasteiger partial charge in [-0.15, -0.1) is 0 Å². The van der Waals surface area contributed by atoms with Crippen molar-refractivity contribution in [3.63, 3.8) is 0 Å². The van der Waals surface area contributed by atoms with Crippen LogP contribution >= 0.6 is 0 Å². The highest BCUT2D eigenvalue weighted by Crippen LogP contribution is 2.18. The molecule has 0 fully saturated rings. The Labute approximate surface area is 80.6 Å². The topological polar surface area (TPSA) is 90.9 Å². The molecule has 5 heteroatoms. The van der Waals surface area contributed by atoms with Crippen molar-refractivity contribution in [3.05, 3.63) is 30.5 Å². The van der Waals surface area contributed by atoms with Crippen LogP contribution in [0.4, 0.5) is 11.5 Å². The van der Waals surface area contributed by atoms with Crippen LogP contribution < -0.4 is 5.73 Å². The normalized spacial score (nSPS) is 14.9. The summed E-state index contributed by atoms with van der Waals surface area (Å²) in [6.45, 7) is 0. The van der Waals surface area contributed by atoms with Crippen molar-refractivity contribution < 1.29 is 0 Å². The van der Waals surface area contributed by atoms with Gasteiger partial charge in [0.1, 0.15) is 11.5 Å². The third kappa shape index (κ3) is 1.61. The summed E-state index contributed by atoms with van der Waals surface area (Å²) in [4.78, 5) is 4.24. The molecule has 0 amide bonds. The fraction of sp³-hybridized carbons (Fsp3) is 0. The summed E-state index contributed by atoms with van der Waals surface area (Å²) in [6, 6.07) is 0. The molecule has 1 aliphatic rings. The Balaban J connectivity index is 2.29. The lowest BCUT2D eigenvalue weighted by Gasteiger charge is -1.99. The van der Waals surface area contributed by atoms with Crippen LogP contribution in [-0.4, -0.2) is 21.6 Å². The summed E-state index contributed by atoms with van der Waals surface area (Å²) in [5.74, 6) is 0.444. The molecule has 4 N–H and O–H groups in total. The first-order chi connectivity index (χ1) is 6.75. The van der Waals surface area contributed by atoms with E-state index in [2.05, 4.69) is 15.2 Å². The fourth-order valence-corrected chi connectivity index (χ4v) is 1.05. The van der Waals surface area contributed by atoms with Gasteiger partial charge in [0.05, 0.1) is 17.6 Å². The number of hydrogen-bond donors (Lipinski definition) is 3. The standard InChI is InChI=1S/C9H9N5/c10-6-1-3-7(4-2-6)13-8-5-12-14-9(8)11/h1-5,10H,(H3,11,12,14). The molecule has 5 nitrogen and oxygen atoms in total. The van der Waals surface area contributed by atoms with Crippen LogP contribution in [0, 0.1) is 5.41 Å². The number of nitrogen functional groups attached to an aromatic ring is 1. The van der Waals surface area contributed by atoms with Crippen LogP contribution in [0.25, 0.3) is 0 Å². The minimum Gasteiger partial charge on any atom is -0.382 e. The molecule has 0 aromatic carbocycles. The molecule has 14 heavy (non-hydrogen) atoms. The van der Waals surface area contributed by atoms with E-state index in [1.54, 1.807) is 30.5 Å². The van der Waals surface area contributed by atoms with E-state index in [0.717, 1.165) is 5.71 Å². The Hall–Kier alpha value is -2.17. The van der Waals surface area contributed by atoms with Gasteiger partial charge in [-0.05, 0) is 24.3 Å². The van der Waals surface area contributed by atoms with Crippen molar-refractivity contribution in [3.8, 4) is 0 Å². The third-order valence-electron chi connectivity index (χ3n) is 1.76. The van der Waals surface area contributed by atoms with Gasteiger partial charge in [0.2, 0.25) is 0 Å². The number of nitrogens with one attached hydrogen (secondary N) is 2. The van der Waals surface area contributed by atoms with Gasteiger partial charge in [-0.2, -0.15) is 5.10 Å². The van der Waals surface area contributed by atoms with Gasteiger partial charge >= 0.3 is 0 Å². The van der Waals surface area contributed by atoms with E-state index in [9.17, 15) is 0 Å². The van der Waals surface area contributed by atoms with Crippen LogP contribution in [0.5, 0.6) is 0 Å². The Morgan fingerprint density at radius 1 is 1.29 bits per heavy atom.